The van der Waals surface area contributed by atoms with Crippen LogP contribution in [0.3, 0.4) is 0 Å². The summed E-state index contributed by atoms with van der Waals surface area (Å²) in [7, 11) is -3.05. The van der Waals surface area contributed by atoms with Crippen molar-refractivity contribution < 1.29 is 8.42 Å². The van der Waals surface area contributed by atoms with Gasteiger partial charge in [0.1, 0.15) is 0 Å². The van der Waals surface area contributed by atoms with E-state index < -0.39 is 14.6 Å². The van der Waals surface area contributed by atoms with Crippen molar-refractivity contribution in [1.82, 2.24) is 15.2 Å². The molecule has 0 bridgehead atoms. The van der Waals surface area contributed by atoms with Gasteiger partial charge in [0, 0.05) is 43.3 Å². The molecule has 0 amide bonds. The van der Waals surface area contributed by atoms with E-state index in [9.17, 15) is 8.42 Å². The van der Waals surface area contributed by atoms with E-state index in [4.69, 9.17) is 4.99 Å². The summed E-state index contributed by atoms with van der Waals surface area (Å²) < 4.78 is 23.7. The van der Waals surface area contributed by atoms with E-state index in [0.717, 1.165) is 25.3 Å². The number of aromatic amines is 1. The van der Waals surface area contributed by atoms with Gasteiger partial charge < -0.3 is 15.2 Å². The van der Waals surface area contributed by atoms with Gasteiger partial charge in [0.2, 0.25) is 0 Å². The van der Waals surface area contributed by atoms with Crippen LogP contribution in [-0.4, -0.2) is 60.9 Å². The lowest BCUT2D eigenvalue weighted by molar-refractivity contribution is 0.353. The van der Waals surface area contributed by atoms with Gasteiger partial charge in [-0.2, -0.15) is 0 Å². The fourth-order valence-corrected chi connectivity index (χ4v) is 4.91. The van der Waals surface area contributed by atoms with Gasteiger partial charge in [0.25, 0.3) is 0 Å². The number of hydrogen-bond donors (Lipinski definition) is 2. The fourth-order valence-electron chi connectivity index (χ4n) is 3.54. The second kappa shape index (κ2) is 7.92. The maximum absolute atomic E-state index is 12.2. The lowest BCUT2D eigenvalue weighted by atomic mass is 10.1. The summed E-state index contributed by atoms with van der Waals surface area (Å²) in [4.78, 5) is 10.1. The molecule has 1 aromatic carbocycles. The topological polar surface area (TPSA) is 77.6 Å². The number of para-hydroxylation sites is 1. The second-order valence-electron chi connectivity index (χ2n) is 7.70. The molecule has 0 spiro atoms. The minimum Gasteiger partial charge on any atom is -0.361 e. The highest BCUT2D eigenvalue weighted by atomic mass is 32.2. The maximum Gasteiger partial charge on any atom is 0.193 e. The fraction of sp³-hybridized carbons (Fsp3) is 0.550. The van der Waals surface area contributed by atoms with Crippen molar-refractivity contribution in [2.24, 2.45) is 4.99 Å². The third-order valence-corrected chi connectivity index (χ3v) is 7.75. The van der Waals surface area contributed by atoms with Gasteiger partial charge in [-0.3, -0.25) is 4.99 Å². The first-order chi connectivity index (χ1) is 12.8. The molecule has 1 saturated heterocycles. The van der Waals surface area contributed by atoms with Gasteiger partial charge in [0.05, 0.1) is 10.5 Å². The number of aromatic nitrogens is 1. The monoisotopic (exact) mass is 390 g/mol. The Hall–Kier alpha value is -2.02. The Balaban J connectivity index is 1.62. The number of aliphatic imine (C=N–C) groups is 1. The highest BCUT2D eigenvalue weighted by Crippen LogP contribution is 2.24. The maximum atomic E-state index is 12.2. The number of sulfone groups is 1. The van der Waals surface area contributed by atoms with Crippen molar-refractivity contribution in [3.8, 4) is 0 Å². The second-order valence-corrected chi connectivity index (χ2v) is 10.4. The molecule has 0 atom stereocenters. The predicted octanol–water partition coefficient (Wildman–Crippen LogP) is 2.58. The standard InChI is InChI=1S/C20H30N4O2S/c1-4-21-19(24-12-13-27(25,26)20(2,3)15-24)22-11-7-8-16-14-23-18-10-6-5-9-17(16)18/h5-6,9-10,14,23H,4,7-8,11-13,15H2,1-3H3,(H,21,22). The Bertz CT molecular complexity index is 915. The van der Waals surface area contributed by atoms with Gasteiger partial charge >= 0.3 is 0 Å². The van der Waals surface area contributed by atoms with Crippen LogP contribution in [-0.2, 0) is 16.3 Å². The molecule has 2 heterocycles. The van der Waals surface area contributed by atoms with Crippen LogP contribution < -0.4 is 5.32 Å². The molecule has 0 radical (unpaired) electrons. The molecule has 148 valence electrons. The Labute approximate surface area is 162 Å². The number of nitrogens with one attached hydrogen (secondary N) is 2. The molecule has 1 aliphatic rings. The van der Waals surface area contributed by atoms with E-state index >= 15 is 0 Å². The molecule has 0 unspecified atom stereocenters. The van der Waals surface area contributed by atoms with E-state index in [0.29, 0.717) is 19.6 Å². The number of guanidine groups is 1. The first kappa shape index (κ1) is 19.7. The summed E-state index contributed by atoms with van der Waals surface area (Å²) in [6.07, 6.45) is 4.00. The van der Waals surface area contributed by atoms with Gasteiger partial charge in [-0.25, -0.2) is 8.42 Å². The molecule has 27 heavy (non-hydrogen) atoms. The number of fused-ring (bicyclic) bond motifs is 1. The largest absolute Gasteiger partial charge is 0.361 e. The average Bonchev–Trinajstić information content (AvgIpc) is 3.03. The summed E-state index contributed by atoms with van der Waals surface area (Å²) in [5.74, 6) is 0.999. The molecule has 7 heteroatoms. The minimum absolute atomic E-state index is 0.180. The summed E-state index contributed by atoms with van der Waals surface area (Å²) in [6.45, 7) is 8.09. The van der Waals surface area contributed by atoms with E-state index in [1.807, 2.05) is 13.0 Å². The molecule has 0 aliphatic carbocycles. The van der Waals surface area contributed by atoms with Crippen LogP contribution in [0.25, 0.3) is 10.9 Å². The predicted molar refractivity (Wildman–Crippen MR) is 112 cm³/mol. The third kappa shape index (κ3) is 4.29. The van der Waals surface area contributed by atoms with Crippen LogP contribution in [0.5, 0.6) is 0 Å². The number of benzene rings is 1. The number of aryl methyl sites for hydroxylation is 1. The molecule has 2 N–H and O–H groups in total. The summed E-state index contributed by atoms with van der Waals surface area (Å²) in [5.41, 5.74) is 2.48. The molecular weight excluding hydrogens is 360 g/mol. The number of H-pyrrole nitrogens is 1. The van der Waals surface area contributed by atoms with Crippen LogP contribution in [0, 0.1) is 0 Å². The molecule has 1 aliphatic heterocycles. The Morgan fingerprint density at radius 3 is 2.85 bits per heavy atom. The average molecular weight is 391 g/mol. The van der Waals surface area contributed by atoms with Crippen molar-refractivity contribution in [2.75, 3.05) is 31.9 Å². The molecule has 2 aromatic rings. The van der Waals surface area contributed by atoms with E-state index in [1.165, 1.54) is 16.5 Å². The van der Waals surface area contributed by atoms with Crippen molar-refractivity contribution in [2.45, 2.75) is 38.4 Å². The highest BCUT2D eigenvalue weighted by Gasteiger charge is 2.40. The summed E-state index contributed by atoms with van der Waals surface area (Å²) >= 11 is 0. The highest BCUT2D eigenvalue weighted by molar-refractivity contribution is 7.92. The SMILES string of the molecule is CCNC(=NCCCc1c[nH]c2ccccc12)N1CCS(=O)(=O)C(C)(C)C1. The first-order valence-electron chi connectivity index (χ1n) is 9.64. The van der Waals surface area contributed by atoms with E-state index in [2.05, 4.69) is 39.6 Å². The normalized spacial score (nSPS) is 19.4. The van der Waals surface area contributed by atoms with Crippen LogP contribution in [0.1, 0.15) is 32.8 Å². The zero-order valence-electron chi connectivity index (χ0n) is 16.5. The Kier molecular flexibility index (Phi) is 5.79. The molecule has 6 nitrogen and oxygen atoms in total. The van der Waals surface area contributed by atoms with Crippen LogP contribution in [0.2, 0.25) is 0 Å². The van der Waals surface area contributed by atoms with Crippen LogP contribution in [0.4, 0.5) is 0 Å². The molecule has 1 aromatic heterocycles. The van der Waals surface area contributed by atoms with Crippen molar-refractivity contribution >= 4 is 26.7 Å². The zero-order chi connectivity index (χ0) is 19.5. The van der Waals surface area contributed by atoms with Crippen LogP contribution in [0.15, 0.2) is 35.5 Å². The van der Waals surface area contributed by atoms with Crippen molar-refractivity contribution in [1.29, 1.82) is 0 Å². The number of rotatable bonds is 5. The van der Waals surface area contributed by atoms with Gasteiger partial charge in [-0.15, -0.1) is 0 Å². The van der Waals surface area contributed by atoms with E-state index in [1.54, 1.807) is 13.8 Å². The Morgan fingerprint density at radius 1 is 1.33 bits per heavy atom. The molecule has 1 fully saturated rings. The van der Waals surface area contributed by atoms with E-state index in [-0.39, 0.29) is 5.75 Å². The lowest BCUT2D eigenvalue weighted by Crippen LogP contribution is -2.57. The number of nitrogens with zero attached hydrogens (tertiary/aromatic N) is 2. The molecular formula is C20H30N4O2S. The quantitative estimate of drug-likeness (QED) is 0.467. The van der Waals surface area contributed by atoms with Gasteiger partial charge in [-0.05, 0) is 45.2 Å². The summed E-state index contributed by atoms with van der Waals surface area (Å²) in [6, 6.07) is 8.33. The summed E-state index contributed by atoms with van der Waals surface area (Å²) in [5, 5.41) is 4.59. The minimum atomic E-state index is -3.05. The molecule has 3 rings (SSSR count). The lowest BCUT2D eigenvalue weighted by Gasteiger charge is -2.39. The number of hydrogen-bond acceptors (Lipinski definition) is 3. The first-order valence-corrected chi connectivity index (χ1v) is 11.3. The van der Waals surface area contributed by atoms with Gasteiger partial charge in [0.15, 0.2) is 15.8 Å². The zero-order valence-corrected chi connectivity index (χ0v) is 17.3. The third-order valence-electron chi connectivity index (χ3n) is 5.22. The smallest absolute Gasteiger partial charge is 0.193 e. The molecule has 0 saturated carbocycles. The van der Waals surface area contributed by atoms with Gasteiger partial charge in [-0.1, -0.05) is 18.2 Å². The van der Waals surface area contributed by atoms with Crippen molar-refractivity contribution in [3.05, 3.63) is 36.0 Å². The van der Waals surface area contributed by atoms with Crippen LogP contribution >= 0.6 is 0 Å². The van der Waals surface area contributed by atoms with Crippen molar-refractivity contribution in [3.63, 3.8) is 0 Å². The Morgan fingerprint density at radius 2 is 2.11 bits per heavy atom.